The first-order valence-electron chi connectivity index (χ1n) is 7.34. The number of rotatable bonds is 6. The number of nitro groups is 1. The number of likely N-dealkylation sites (tertiary alicyclic amines) is 1. The van der Waals surface area contributed by atoms with Crippen molar-refractivity contribution < 1.29 is 4.92 Å². The highest BCUT2D eigenvalue weighted by atomic mass is 16.6. The monoisotopic (exact) mass is 277 g/mol. The minimum atomic E-state index is -0.304. The molecule has 0 saturated carbocycles. The molecule has 0 bridgehead atoms. The van der Waals surface area contributed by atoms with Crippen LogP contribution in [-0.2, 0) is 0 Å². The molecule has 2 atom stereocenters. The molecule has 1 aromatic carbocycles. The lowest BCUT2D eigenvalue weighted by atomic mass is 10.1. The Morgan fingerprint density at radius 3 is 2.95 bits per heavy atom. The van der Waals surface area contributed by atoms with Crippen molar-refractivity contribution in [3.63, 3.8) is 0 Å². The topological polar surface area (TPSA) is 58.4 Å². The summed E-state index contributed by atoms with van der Waals surface area (Å²) in [6, 6.07) is 7.53. The standard InChI is InChI=1S/C15H23N3O2/c1-3-17-10-6-7-13(17)11-16-12(2)14-8-4-5-9-15(14)18(19)20/h4-5,8-9,12-13,16H,3,6-7,10-11H2,1-2H3. The third-order valence-electron chi connectivity index (χ3n) is 4.16. The van der Waals surface area contributed by atoms with Gasteiger partial charge in [-0.3, -0.25) is 15.0 Å². The fraction of sp³-hybridized carbons (Fsp3) is 0.600. The van der Waals surface area contributed by atoms with Gasteiger partial charge < -0.3 is 5.32 Å². The Balaban J connectivity index is 1.98. The Kier molecular flexibility index (Phi) is 5.09. The van der Waals surface area contributed by atoms with Crippen LogP contribution in [0.2, 0.25) is 0 Å². The molecule has 1 N–H and O–H groups in total. The zero-order chi connectivity index (χ0) is 14.5. The second kappa shape index (κ2) is 6.81. The van der Waals surface area contributed by atoms with Crippen molar-refractivity contribution in [1.82, 2.24) is 10.2 Å². The highest BCUT2D eigenvalue weighted by Gasteiger charge is 2.24. The van der Waals surface area contributed by atoms with Crippen LogP contribution in [0.15, 0.2) is 24.3 Å². The number of hydrogen-bond acceptors (Lipinski definition) is 4. The number of nitro benzene ring substituents is 1. The second-order valence-corrected chi connectivity index (χ2v) is 5.37. The maximum atomic E-state index is 11.1. The van der Waals surface area contributed by atoms with E-state index in [1.54, 1.807) is 12.1 Å². The van der Waals surface area contributed by atoms with Gasteiger partial charge in [0.2, 0.25) is 0 Å². The summed E-state index contributed by atoms with van der Waals surface area (Å²) in [4.78, 5) is 13.2. The molecule has 1 saturated heterocycles. The average molecular weight is 277 g/mol. The third kappa shape index (κ3) is 3.35. The number of hydrogen-bond donors (Lipinski definition) is 1. The normalized spacial score (nSPS) is 21.0. The van der Waals surface area contributed by atoms with Gasteiger partial charge in [0.05, 0.1) is 4.92 Å². The van der Waals surface area contributed by atoms with Gasteiger partial charge in [-0.25, -0.2) is 0 Å². The summed E-state index contributed by atoms with van der Waals surface area (Å²) < 4.78 is 0. The van der Waals surface area contributed by atoms with Crippen molar-refractivity contribution in [1.29, 1.82) is 0 Å². The van der Waals surface area contributed by atoms with Crippen molar-refractivity contribution in [2.45, 2.75) is 38.8 Å². The van der Waals surface area contributed by atoms with Gasteiger partial charge in [-0.1, -0.05) is 25.1 Å². The molecule has 1 fully saturated rings. The highest BCUT2D eigenvalue weighted by Crippen LogP contribution is 2.25. The van der Waals surface area contributed by atoms with Crippen molar-refractivity contribution in [2.24, 2.45) is 0 Å². The van der Waals surface area contributed by atoms with E-state index in [0.29, 0.717) is 6.04 Å². The van der Waals surface area contributed by atoms with Crippen LogP contribution < -0.4 is 5.32 Å². The van der Waals surface area contributed by atoms with Crippen molar-refractivity contribution in [2.75, 3.05) is 19.6 Å². The Labute approximate surface area is 120 Å². The maximum Gasteiger partial charge on any atom is 0.274 e. The van der Waals surface area contributed by atoms with Crippen LogP contribution in [0.1, 0.15) is 38.3 Å². The van der Waals surface area contributed by atoms with Crippen LogP contribution >= 0.6 is 0 Å². The lowest BCUT2D eigenvalue weighted by Gasteiger charge is -2.25. The minimum Gasteiger partial charge on any atom is -0.308 e. The summed E-state index contributed by atoms with van der Waals surface area (Å²) in [5.41, 5.74) is 0.963. The lowest BCUT2D eigenvalue weighted by molar-refractivity contribution is -0.385. The Morgan fingerprint density at radius 2 is 2.25 bits per heavy atom. The smallest absolute Gasteiger partial charge is 0.274 e. The number of nitrogens with one attached hydrogen (secondary N) is 1. The molecule has 20 heavy (non-hydrogen) atoms. The summed E-state index contributed by atoms with van der Waals surface area (Å²) in [5, 5.41) is 14.5. The molecule has 0 aliphatic carbocycles. The predicted molar refractivity (Wildman–Crippen MR) is 79.8 cm³/mol. The molecule has 1 aromatic rings. The molecular formula is C15H23N3O2. The van der Waals surface area contributed by atoms with E-state index in [-0.39, 0.29) is 16.7 Å². The van der Waals surface area contributed by atoms with Crippen molar-refractivity contribution in [3.8, 4) is 0 Å². The van der Waals surface area contributed by atoms with E-state index in [4.69, 9.17) is 0 Å². The lowest BCUT2D eigenvalue weighted by Crippen LogP contribution is -2.38. The van der Waals surface area contributed by atoms with E-state index in [9.17, 15) is 10.1 Å². The maximum absolute atomic E-state index is 11.1. The van der Waals surface area contributed by atoms with Crippen molar-refractivity contribution >= 4 is 5.69 Å². The Morgan fingerprint density at radius 1 is 1.50 bits per heavy atom. The SMILES string of the molecule is CCN1CCCC1CNC(C)c1ccccc1[N+](=O)[O-]. The van der Waals surface area contributed by atoms with E-state index in [0.717, 1.165) is 18.7 Å². The van der Waals surface area contributed by atoms with Gasteiger partial charge in [0.1, 0.15) is 0 Å². The van der Waals surface area contributed by atoms with Gasteiger partial charge in [0, 0.05) is 30.3 Å². The molecular weight excluding hydrogens is 254 g/mol. The Bertz CT molecular complexity index is 464. The van der Waals surface area contributed by atoms with Crippen LogP contribution in [0, 0.1) is 10.1 Å². The number of benzene rings is 1. The van der Waals surface area contributed by atoms with Gasteiger partial charge in [0.15, 0.2) is 0 Å². The van der Waals surface area contributed by atoms with Crippen LogP contribution in [-0.4, -0.2) is 35.5 Å². The Hall–Kier alpha value is -1.46. The first-order chi connectivity index (χ1) is 9.63. The second-order valence-electron chi connectivity index (χ2n) is 5.37. The quantitative estimate of drug-likeness (QED) is 0.641. The molecule has 0 radical (unpaired) electrons. The average Bonchev–Trinajstić information content (AvgIpc) is 2.92. The third-order valence-corrected chi connectivity index (χ3v) is 4.16. The van der Waals surface area contributed by atoms with E-state index >= 15 is 0 Å². The molecule has 1 heterocycles. The summed E-state index contributed by atoms with van der Waals surface area (Å²) in [7, 11) is 0. The van der Waals surface area contributed by atoms with Crippen LogP contribution in [0.3, 0.4) is 0 Å². The number of para-hydroxylation sites is 1. The number of likely N-dealkylation sites (N-methyl/N-ethyl adjacent to an activating group) is 1. The van der Waals surface area contributed by atoms with Crippen LogP contribution in [0.25, 0.3) is 0 Å². The van der Waals surface area contributed by atoms with Gasteiger partial charge in [-0.2, -0.15) is 0 Å². The molecule has 1 aliphatic rings. The molecule has 0 spiro atoms. The molecule has 1 aliphatic heterocycles. The summed E-state index contributed by atoms with van der Waals surface area (Å²) >= 11 is 0. The molecule has 2 unspecified atom stereocenters. The molecule has 0 amide bonds. The summed E-state index contributed by atoms with van der Waals surface area (Å²) in [5.74, 6) is 0. The minimum absolute atomic E-state index is 0.00379. The van der Waals surface area contributed by atoms with E-state index < -0.39 is 0 Å². The fourth-order valence-corrected chi connectivity index (χ4v) is 2.99. The van der Waals surface area contributed by atoms with E-state index in [2.05, 4.69) is 17.1 Å². The molecule has 5 heteroatoms. The molecule has 5 nitrogen and oxygen atoms in total. The zero-order valence-electron chi connectivity index (χ0n) is 12.2. The predicted octanol–water partition coefficient (Wildman–Crippen LogP) is 2.73. The highest BCUT2D eigenvalue weighted by molar-refractivity contribution is 5.41. The van der Waals surface area contributed by atoms with E-state index in [1.807, 2.05) is 19.1 Å². The fourth-order valence-electron chi connectivity index (χ4n) is 2.99. The first kappa shape index (κ1) is 14.9. The largest absolute Gasteiger partial charge is 0.308 e. The van der Waals surface area contributed by atoms with Crippen molar-refractivity contribution in [3.05, 3.63) is 39.9 Å². The van der Waals surface area contributed by atoms with E-state index in [1.165, 1.54) is 19.4 Å². The van der Waals surface area contributed by atoms with Gasteiger partial charge in [-0.15, -0.1) is 0 Å². The summed E-state index contributed by atoms with van der Waals surface area (Å²) in [6.45, 7) is 7.31. The van der Waals surface area contributed by atoms with Gasteiger partial charge >= 0.3 is 0 Å². The molecule has 110 valence electrons. The first-order valence-corrected chi connectivity index (χ1v) is 7.34. The summed E-state index contributed by atoms with van der Waals surface area (Å²) in [6.07, 6.45) is 2.46. The molecule has 0 aromatic heterocycles. The number of nitrogens with zero attached hydrogens (tertiary/aromatic N) is 2. The molecule has 2 rings (SSSR count). The van der Waals surface area contributed by atoms with Gasteiger partial charge in [0.25, 0.3) is 5.69 Å². The van der Waals surface area contributed by atoms with Crippen LogP contribution in [0.4, 0.5) is 5.69 Å². The van der Waals surface area contributed by atoms with Gasteiger partial charge in [-0.05, 0) is 32.9 Å². The zero-order valence-corrected chi connectivity index (χ0v) is 12.2. The van der Waals surface area contributed by atoms with Crippen LogP contribution in [0.5, 0.6) is 0 Å².